The van der Waals surface area contributed by atoms with Gasteiger partial charge in [-0.25, -0.2) is 0 Å². The monoisotopic (exact) mass is 422 g/mol. The van der Waals surface area contributed by atoms with Crippen LogP contribution in [0, 0.1) is 5.92 Å². The molecule has 0 fully saturated rings. The van der Waals surface area contributed by atoms with E-state index in [0.717, 1.165) is 22.3 Å². The van der Waals surface area contributed by atoms with Crippen molar-refractivity contribution in [3.63, 3.8) is 0 Å². The zero-order chi connectivity index (χ0) is 22.4. The predicted molar refractivity (Wildman–Crippen MR) is 130 cm³/mol. The SMILES string of the molecule is CC(C)COC(c1ccccc1)(c1ccccc1)C(O)(c1ccccc1)c1ccccc1. The molecule has 0 bridgehead atoms. The fourth-order valence-electron chi connectivity index (χ4n) is 4.42. The average Bonchev–Trinajstić information content (AvgIpc) is 2.86. The molecule has 0 heterocycles. The van der Waals surface area contributed by atoms with E-state index in [2.05, 4.69) is 13.8 Å². The summed E-state index contributed by atoms with van der Waals surface area (Å²) in [7, 11) is 0. The number of rotatable bonds is 8. The van der Waals surface area contributed by atoms with Gasteiger partial charge in [0.1, 0.15) is 0 Å². The van der Waals surface area contributed by atoms with Gasteiger partial charge in [0.2, 0.25) is 0 Å². The van der Waals surface area contributed by atoms with Crippen molar-refractivity contribution < 1.29 is 9.84 Å². The number of benzene rings is 4. The van der Waals surface area contributed by atoms with E-state index in [1.165, 1.54) is 0 Å². The molecule has 4 aromatic carbocycles. The fourth-order valence-corrected chi connectivity index (χ4v) is 4.42. The minimum absolute atomic E-state index is 0.289. The van der Waals surface area contributed by atoms with Gasteiger partial charge in [-0.2, -0.15) is 0 Å². The Labute approximate surface area is 191 Å². The standard InChI is InChI=1S/C30H30O2/c1-24(2)23-32-30(27-19-11-5-12-20-27,28-21-13-6-14-22-28)29(31,25-15-7-3-8-16-25)26-17-9-4-10-18-26/h3-22,24,31H,23H2,1-2H3. The van der Waals surface area contributed by atoms with Crippen LogP contribution in [0.2, 0.25) is 0 Å². The largest absolute Gasteiger partial charge is 0.377 e. The predicted octanol–water partition coefficient (Wildman–Crippen LogP) is 6.54. The summed E-state index contributed by atoms with van der Waals surface area (Å²) in [4.78, 5) is 0. The Hall–Kier alpha value is -3.20. The molecule has 0 spiro atoms. The van der Waals surface area contributed by atoms with Crippen LogP contribution < -0.4 is 0 Å². The van der Waals surface area contributed by atoms with Gasteiger partial charge in [0.05, 0.1) is 6.61 Å². The maximum atomic E-state index is 13.0. The highest BCUT2D eigenvalue weighted by Gasteiger charge is 2.56. The molecular weight excluding hydrogens is 392 g/mol. The number of hydrogen-bond acceptors (Lipinski definition) is 2. The third-order valence-corrected chi connectivity index (χ3v) is 5.89. The second kappa shape index (κ2) is 9.52. The van der Waals surface area contributed by atoms with E-state index in [9.17, 15) is 5.11 Å². The molecule has 0 atom stereocenters. The average molecular weight is 423 g/mol. The Morgan fingerprint density at radius 1 is 0.562 bits per heavy atom. The lowest BCUT2D eigenvalue weighted by Crippen LogP contribution is -2.53. The molecule has 1 N–H and O–H groups in total. The van der Waals surface area contributed by atoms with Crippen molar-refractivity contribution in [2.45, 2.75) is 25.0 Å². The zero-order valence-corrected chi connectivity index (χ0v) is 18.7. The van der Waals surface area contributed by atoms with E-state index in [1.54, 1.807) is 0 Å². The molecule has 0 aliphatic heterocycles. The molecule has 4 rings (SSSR count). The van der Waals surface area contributed by atoms with Crippen LogP contribution in [0.15, 0.2) is 121 Å². The van der Waals surface area contributed by atoms with Gasteiger partial charge in [0, 0.05) is 0 Å². The van der Waals surface area contributed by atoms with Gasteiger partial charge in [-0.05, 0) is 28.2 Å². The highest BCUT2D eigenvalue weighted by molar-refractivity contribution is 5.50. The Balaban J connectivity index is 2.13. The topological polar surface area (TPSA) is 29.5 Å². The van der Waals surface area contributed by atoms with Gasteiger partial charge >= 0.3 is 0 Å². The second-order valence-corrected chi connectivity index (χ2v) is 8.56. The van der Waals surface area contributed by atoms with E-state index in [0.29, 0.717) is 6.61 Å². The van der Waals surface area contributed by atoms with Crippen LogP contribution in [0.4, 0.5) is 0 Å². The summed E-state index contributed by atoms with van der Waals surface area (Å²) < 4.78 is 6.89. The third kappa shape index (κ3) is 3.88. The van der Waals surface area contributed by atoms with E-state index >= 15 is 0 Å². The van der Waals surface area contributed by atoms with Crippen LogP contribution >= 0.6 is 0 Å². The summed E-state index contributed by atoms with van der Waals surface area (Å²) >= 11 is 0. The molecule has 2 nitrogen and oxygen atoms in total. The summed E-state index contributed by atoms with van der Waals surface area (Å²) in [5, 5.41) is 13.0. The van der Waals surface area contributed by atoms with Crippen LogP contribution in [0.5, 0.6) is 0 Å². The van der Waals surface area contributed by atoms with Crippen LogP contribution in [0.3, 0.4) is 0 Å². The van der Waals surface area contributed by atoms with Crippen molar-refractivity contribution in [2.24, 2.45) is 5.92 Å². The van der Waals surface area contributed by atoms with E-state index < -0.39 is 11.2 Å². The summed E-state index contributed by atoms with van der Waals surface area (Å²) in [6.07, 6.45) is 0. The van der Waals surface area contributed by atoms with Crippen molar-refractivity contribution in [1.82, 2.24) is 0 Å². The zero-order valence-electron chi connectivity index (χ0n) is 18.7. The van der Waals surface area contributed by atoms with E-state index in [4.69, 9.17) is 4.74 Å². The van der Waals surface area contributed by atoms with Crippen LogP contribution in [0.1, 0.15) is 36.1 Å². The lowest BCUT2D eigenvalue weighted by Gasteiger charge is -2.49. The van der Waals surface area contributed by atoms with Crippen molar-refractivity contribution >= 4 is 0 Å². The third-order valence-electron chi connectivity index (χ3n) is 5.89. The molecular formula is C30H30O2. The van der Waals surface area contributed by atoms with Gasteiger partial charge in [-0.3, -0.25) is 0 Å². The van der Waals surface area contributed by atoms with Crippen molar-refractivity contribution in [3.05, 3.63) is 144 Å². The molecule has 0 radical (unpaired) electrons. The molecule has 0 unspecified atom stereocenters. The van der Waals surface area contributed by atoms with Crippen LogP contribution in [-0.4, -0.2) is 11.7 Å². The molecule has 0 saturated heterocycles. The van der Waals surface area contributed by atoms with Crippen molar-refractivity contribution in [1.29, 1.82) is 0 Å². The van der Waals surface area contributed by atoms with Crippen LogP contribution in [0.25, 0.3) is 0 Å². The normalized spacial score (nSPS) is 12.1. The number of aliphatic hydroxyl groups is 1. The molecule has 0 aromatic heterocycles. The summed E-state index contributed by atoms with van der Waals surface area (Å²) in [5.41, 5.74) is 0.727. The van der Waals surface area contributed by atoms with E-state index in [-0.39, 0.29) is 5.92 Å². The first-order chi connectivity index (χ1) is 15.6. The fraction of sp³-hybridized carbons (Fsp3) is 0.200. The highest BCUT2D eigenvalue weighted by atomic mass is 16.5. The second-order valence-electron chi connectivity index (χ2n) is 8.56. The van der Waals surface area contributed by atoms with Crippen LogP contribution in [-0.2, 0) is 15.9 Å². The molecule has 0 amide bonds. The van der Waals surface area contributed by atoms with Gasteiger partial charge < -0.3 is 9.84 Å². The number of hydrogen-bond donors (Lipinski definition) is 1. The lowest BCUT2D eigenvalue weighted by molar-refractivity contribution is -0.158. The lowest BCUT2D eigenvalue weighted by atomic mass is 9.66. The molecule has 162 valence electrons. The molecule has 0 saturated carbocycles. The molecule has 0 aliphatic rings. The molecule has 0 aliphatic carbocycles. The first kappa shape index (κ1) is 22.0. The summed E-state index contributed by atoms with van der Waals surface area (Å²) in [5.74, 6) is 0.289. The molecule has 32 heavy (non-hydrogen) atoms. The maximum Gasteiger partial charge on any atom is 0.155 e. The molecule has 2 heteroatoms. The van der Waals surface area contributed by atoms with Gasteiger partial charge in [-0.1, -0.05) is 135 Å². The van der Waals surface area contributed by atoms with Gasteiger partial charge in [0.15, 0.2) is 11.2 Å². The highest BCUT2D eigenvalue weighted by Crippen LogP contribution is 2.52. The van der Waals surface area contributed by atoms with Gasteiger partial charge in [0.25, 0.3) is 0 Å². The number of ether oxygens (including phenoxy) is 1. The molecule has 4 aromatic rings. The Kier molecular flexibility index (Phi) is 6.55. The quantitative estimate of drug-likeness (QED) is 0.349. The maximum absolute atomic E-state index is 13.0. The minimum atomic E-state index is -1.48. The Morgan fingerprint density at radius 2 is 0.875 bits per heavy atom. The summed E-state index contributed by atoms with van der Waals surface area (Å²) in [6.45, 7) is 4.75. The van der Waals surface area contributed by atoms with Crippen molar-refractivity contribution in [3.8, 4) is 0 Å². The Bertz CT molecular complexity index is 1010. The van der Waals surface area contributed by atoms with Crippen molar-refractivity contribution in [2.75, 3.05) is 6.61 Å². The first-order valence-corrected chi connectivity index (χ1v) is 11.2. The smallest absolute Gasteiger partial charge is 0.155 e. The van der Waals surface area contributed by atoms with E-state index in [1.807, 2.05) is 121 Å². The Morgan fingerprint density at radius 3 is 1.19 bits per heavy atom. The van der Waals surface area contributed by atoms with Gasteiger partial charge in [-0.15, -0.1) is 0 Å². The minimum Gasteiger partial charge on any atom is -0.377 e. The summed E-state index contributed by atoms with van der Waals surface area (Å²) in [6, 6.07) is 39.9. The first-order valence-electron chi connectivity index (χ1n) is 11.2.